The molecule has 4 nitrogen and oxygen atoms in total. The topological polar surface area (TPSA) is 40.6 Å². The van der Waals surface area contributed by atoms with E-state index < -0.39 is 0 Å². The number of carbonyl (C=O) groups excluding carboxylic acids is 2. The molecule has 2 aromatic rings. The molecule has 1 aromatic carbocycles. The van der Waals surface area contributed by atoms with E-state index in [2.05, 4.69) is 50.2 Å². The van der Waals surface area contributed by atoms with Crippen molar-refractivity contribution in [1.82, 2.24) is 9.80 Å². The Kier molecular flexibility index (Phi) is 5.06. The summed E-state index contributed by atoms with van der Waals surface area (Å²) in [5, 5.41) is 1.79. The second-order valence-corrected chi connectivity index (χ2v) is 7.93. The SMILES string of the molecule is CC(=O)c1cc(C(=O)N2CC(c3ccc(C)cc3)C(N(C)C)C2)cs1. The van der Waals surface area contributed by atoms with Crippen LogP contribution in [0.3, 0.4) is 0 Å². The average Bonchev–Trinajstić information content (AvgIpc) is 3.22. The minimum atomic E-state index is 0.00849. The van der Waals surface area contributed by atoms with Gasteiger partial charge in [-0.25, -0.2) is 0 Å². The summed E-state index contributed by atoms with van der Waals surface area (Å²) >= 11 is 1.34. The fourth-order valence-corrected chi connectivity index (χ4v) is 4.22. The molecule has 0 N–H and O–H groups in total. The van der Waals surface area contributed by atoms with E-state index in [-0.39, 0.29) is 17.7 Å². The van der Waals surface area contributed by atoms with Crippen LogP contribution in [0, 0.1) is 6.92 Å². The van der Waals surface area contributed by atoms with Crippen LogP contribution in [-0.2, 0) is 0 Å². The molecule has 1 aliphatic rings. The number of ketones is 1. The third-order valence-electron chi connectivity index (χ3n) is 4.94. The second-order valence-electron chi connectivity index (χ2n) is 7.01. The van der Waals surface area contributed by atoms with Crippen molar-refractivity contribution in [2.24, 2.45) is 0 Å². The summed E-state index contributed by atoms with van der Waals surface area (Å²) in [5.41, 5.74) is 3.14. The summed E-state index contributed by atoms with van der Waals surface area (Å²) in [5.74, 6) is 0.324. The number of thiophene rings is 1. The van der Waals surface area contributed by atoms with E-state index in [4.69, 9.17) is 0 Å². The molecule has 0 bridgehead atoms. The molecular weight excluding hydrogens is 332 g/mol. The van der Waals surface area contributed by atoms with Gasteiger partial charge in [0.1, 0.15) is 0 Å². The normalized spacial score (nSPS) is 20.3. The molecule has 2 unspecified atom stereocenters. The Bertz CT molecular complexity index is 779. The number of carbonyl (C=O) groups is 2. The highest BCUT2D eigenvalue weighted by molar-refractivity contribution is 7.12. The van der Waals surface area contributed by atoms with Crippen molar-refractivity contribution in [3.63, 3.8) is 0 Å². The van der Waals surface area contributed by atoms with Gasteiger partial charge in [0, 0.05) is 30.4 Å². The number of Topliss-reactive ketones (excluding diaryl/α,β-unsaturated/α-hetero) is 1. The van der Waals surface area contributed by atoms with Crippen molar-refractivity contribution in [2.45, 2.75) is 25.8 Å². The van der Waals surface area contributed by atoms with Crippen molar-refractivity contribution in [3.05, 3.63) is 57.3 Å². The minimum absolute atomic E-state index is 0.00849. The molecule has 2 atom stereocenters. The molecule has 1 fully saturated rings. The molecule has 0 saturated carbocycles. The largest absolute Gasteiger partial charge is 0.336 e. The number of rotatable bonds is 4. The van der Waals surface area contributed by atoms with Gasteiger partial charge in [-0.1, -0.05) is 29.8 Å². The third kappa shape index (κ3) is 3.67. The highest BCUT2D eigenvalue weighted by Crippen LogP contribution is 2.32. The van der Waals surface area contributed by atoms with Crippen LogP contribution in [0.15, 0.2) is 35.7 Å². The van der Waals surface area contributed by atoms with Gasteiger partial charge in [0.25, 0.3) is 5.91 Å². The molecule has 25 heavy (non-hydrogen) atoms. The average molecular weight is 356 g/mol. The maximum Gasteiger partial charge on any atom is 0.254 e. The lowest BCUT2D eigenvalue weighted by Crippen LogP contribution is -2.35. The predicted octanol–water partition coefficient (Wildman–Crippen LogP) is 3.43. The monoisotopic (exact) mass is 356 g/mol. The molecule has 0 spiro atoms. The molecule has 1 amide bonds. The van der Waals surface area contributed by atoms with Crippen LogP contribution in [0.2, 0.25) is 0 Å². The van der Waals surface area contributed by atoms with Crippen LogP contribution in [0.5, 0.6) is 0 Å². The van der Waals surface area contributed by atoms with Gasteiger partial charge in [0.05, 0.1) is 10.4 Å². The Balaban J connectivity index is 1.82. The fourth-order valence-electron chi connectivity index (χ4n) is 3.43. The van der Waals surface area contributed by atoms with Crippen LogP contribution in [-0.4, -0.2) is 54.7 Å². The van der Waals surface area contributed by atoms with Crippen LogP contribution < -0.4 is 0 Å². The second kappa shape index (κ2) is 7.10. The minimum Gasteiger partial charge on any atom is -0.336 e. The quantitative estimate of drug-likeness (QED) is 0.788. The maximum atomic E-state index is 12.9. The lowest BCUT2D eigenvalue weighted by molar-refractivity contribution is 0.0783. The van der Waals surface area contributed by atoms with Gasteiger partial charge < -0.3 is 9.80 Å². The zero-order valence-electron chi connectivity index (χ0n) is 15.2. The number of nitrogens with zero attached hydrogens (tertiary/aromatic N) is 2. The van der Waals surface area contributed by atoms with Crippen LogP contribution in [0.25, 0.3) is 0 Å². The molecule has 1 saturated heterocycles. The zero-order chi connectivity index (χ0) is 18.1. The van der Waals surface area contributed by atoms with Crippen molar-refractivity contribution in [1.29, 1.82) is 0 Å². The summed E-state index contributed by atoms with van der Waals surface area (Å²) in [6, 6.07) is 10.6. The summed E-state index contributed by atoms with van der Waals surface area (Å²) < 4.78 is 0. The van der Waals surface area contributed by atoms with Gasteiger partial charge in [-0.3, -0.25) is 9.59 Å². The van der Waals surface area contributed by atoms with E-state index in [0.29, 0.717) is 29.4 Å². The molecule has 5 heteroatoms. The first-order valence-electron chi connectivity index (χ1n) is 8.48. The summed E-state index contributed by atoms with van der Waals surface area (Å²) in [6.07, 6.45) is 0. The Hall–Kier alpha value is -1.98. The van der Waals surface area contributed by atoms with E-state index in [0.717, 1.165) is 0 Å². The molecule has 1 aromatic heterocycles. The fraction of sp³-hybridized carbons (Fsp3) is 0.400. The number of benzene rings is 1. The van der Waals surface area contributed by atoms with Gasteiger partial charge in [0.15, 0.2) is 5.78 Å². The van der Waals surface area contributed by atoms with Gasteiger partial charge >= 0.3 is 0 Å². The number of likely N-dealkylation sites (tertiary alicyclic amines) is 1. The van der Waals surface area contributed by atoms with Gasteiger partial charge in [-0.2, -0.15) is 0 Å². The third-order valence-corrected chi connectivity index (χ3v) is 5.97. The zero-order valence-corrected chi connectivity index (χ0v) is 16.0. The molecule has 0 aliphatic carbocycles. The van der Waals surface area contributed by atoms with Gasteiger partial charge in [-0.15, -0.1) is 11.3 Å². The smallest absolute Gasteiger partial charge is 0.254 e. The van der Waals surface area contributed by atoms with E-state index in [9.17, 15) is 9.59 Å². The molecule has 3 rings (SSSR count). The number of hydrogen-bond donors (Lipinski definition) is 0. The standard InChI is InChI=1S/C20H24N2O2S/c1-13-5-7-15(8-6-13)17-10-22(11-18(17)21(3)4)20(24)16-9-19(14(2)23)25-12-16/h5-9,12,17-18H,10-11H2,1-4H3. The van der Waals surface area contributed by atoms with E-state index in [1.54, 1.807) is 11.4 Å². The molecular formula is C20H24N2O2S. The van der Waals surface area contributed by atoms with Crippen molar-refractivity contribution in [3.8, 4) is 0 Å². The summed E-state index contributed by atoms with van der Waals surface area (Å²) in [7, 11) is 4.14. The van der Waals surface area contributed by atoms with Gasteiger partial charge in [-0.05, 0) is 39.6 Å². The molecule has 2 heterocycles. The molecule has 132 valence electrons. The lowest BCUT2D eigenvalue weighted by Gasteiger charge is -2.25. The highest BCUT2D eigenvalue weighted by Gasteiger charge is 2.37. The summed E-state index contributed by atoms with van der Waals surface area (Å²) in [6.45, 7) is 5.03. The number of likely N-dealkylation sites (N-methyl/N-ethyl adjacent to an activating group) is 1. The van der Waals surface area contributed by atoms with E-state index >= 15 is 0 Å². The first kappa shape index (κ1) is 17.8. The predicted molar refractivity (Wildman–Crippen MR) is 102 cm³/mol. The Morgan fingerprint density at radius 1 is 1.16 bits per heavy atom. The summed E-state index contributed by atoms with van der Waals surface area (Å²) in [4.78, 5) is 29.1. The Labute approximate surface area is 153 Å². The molecule has 0 radical (unpaired) electrons. The van der Waals surface area contributed by atoms with Crippen LogP contribution >= 0.6 is 11.3 Å². The Morgan fingerprint density at radius 3 is 2.40 bits per heavy atom. The molecule has 1 aliphatic heterocycles. The maximum absolute atomic E-state index is 12.9. The number of amides is 1. The van der Waals surface area contributed by atoms with Crippen molar-refractivity contribution < 1.29 is 9.59 Å². The number of aryl methyl sites for hydroxylation is 1. The first-order chi connectivity index (χ1) is 11.9. The Morgan fingerprint density at radius 2 is 1.84 bits per heavy atom. The van der Waals surface area contributed by atoms with Crippen LogP contribution in [0.4, 0.5) is 0 Å². The van der Waals surface area contributed by atoms with Crippen molar-refractivity contribution in [2.75, 3.05) is 27.2 Å². The lowest BCUT2D eigenvalue weighted by atomic mass is 9.93. The number of hydrogen-bond acceptors (Lipinski definition) is 4. The van der Waals surface area contributed by atoms with Crippen molar-refractivity contribution >= 4 is 23.0 Å². The highest BCUT2D eigenvalue weighted by atomic mass is 32.1. The first-order valence-corrected chi connectivity index (χ1v) is 9.36. The van der Waals surface area contributed by atoms with E-state index in [1.165, 1.54) is 29.4 Å². The van der Waals surface area contributed by atoms with Crippen LogP contribution in [0.1, 0.15) is 44.0 Å². The van der Waals surface area contributed by atoms with E-state index in [1.807, 2.05) is 4.90 Å². The van der Waals surface area contributed by atoms with Gasteiger partial charge in [0.2, 0.25) is 0 Å².